The van der Waals surface area contributed by atoms with Crippen LogP contribution in [0.2, 0.25) is 0 Å². The number of amides is 1. The summed E-state index contributed by atoms with van der Waals surface area (Å²) in [5, 5.41) is 4.07. The topological polar surface area (TPSA) is 78.3 Å². The molecule has 0 unspecified atom stereocenters. The average molecular weight is 394 g/mol. The number of fused-ring (bicyclic) bond motifs is 1. The summed E-state index contributed by atoms with van der Waals surface area (Å²) in [6.07, 6.45) is 9.20. The molecule has 0 saturated heterocycles. The van der Waals surface area contributed by atoms with Crippen LogP contribution >= 0.6 is 0 Å². The Labute approximate surface area is 170 Å². The number of methoxy groups -OCH3 is 1. The van der Waals surface area contributed by atoms with Crippen molar-refractivity contribution in [3.63, 3.8) is 0 Å². The van der Waals surface area contributed by atoms with Crippen LogP contribution in [-0.4, -0.2) is 52.9 Å². The molecule has 7 heteroatoms. The lowest BCUT2D eigenvalue weighted by molar-refractivity contribution is -0.00408. The minimum atomic E-state index is -0.0614. The molecule has 1 fully saturated rings. The van der Waals surface area contributed by atoms with Crippen molar-refractivity contribution in [1.82, 2.24) is 19.9 Å². The highest BCUT2D eigenvalue weighted by molar-refractivity contribution is 6.06. The van der Waals surface area contributed by atoms with Gasteiger partial charge in [-0.15, -0.1) is 0 Å². The lowest BCUT2D eigenvalue weighted by Crippen LogP contribution is -2.39. The number of carbonyl (C=O) groups is 1. The summed E-state index contributed by atoms with van der Waals surface area (Å²) < 4.78 is 12.7. The van der Waals surface area contributed by atoms with E-state index in [1.54, 1.807) is 19.6 Å². The Morgan fingerprint density at radius 3 is 2.79 bits per heavy atom. The van der Waals surface area contributed by atoms with Crippen LogP contribution in [0.3, 0.4) is 0 Å². The summed E-state index contributed by atoms with van der Waals surface area (Å²) in [5.41, 5.74) is 1.43. The molecular weight excluding hydrogens is 368 g/mol. The lowest BCUT2D eigenvalue weighted by atomic mass is 9.92. The molecule has 1 N–H and O–H groups in total. The molecule has 1 aliphatic rings. The van der Waals surface area contributed by atoms with Crippen molar-refractivity contribution >= 4 is 16.8 Å². The standard InChI is InChI=1S/C22H26N4O3/c1-28-12-13-29-17-8-6-16(7-9-17)24-22(27)19-14-21(26-11-10-23-15-26)25-20-5-3-2-4-18(19)20/h2-5,10-11,14-17H,6-9,12-13H2,1H3,(H,24,27)/t16-,17-. The summed E-state index contributed by atoms with van der Waals surface area (Å²) in [5.74, 6) is 0.621. The molecule has 1 saturated carbocycles. The predicted molar refractivity (Wildman–Crippen MR) is 110 cm³/mol. The number of imidazole rings is 1. The van der Waals surface area contributed by atoms with Crippen LogP contribution in [-0.2, 0) is 9.47 Å². The monoisotopic (exact) mass is 394 g/mol. The molecule has 1 aliphatic carbocycles. The van der Waals surface area contributed by atoms with Crippen LogP contribution in [0, 0.1) is 0 Å². The first kappa shape index (κ1) is 19.5. The van der Waals surface area contributed by atoms with Gasteiger partial charge in [0.25, 0.3) is 5.91 Å². The molecule has 3 aromatic rings. The fourth-order valence-corrected chi connectivity index (χ4v) is 3.81. The second-order valence-electron chi connectivity index (χ2n) is 7.33. The molecule has 29 heavy (non-hydrogen) atoms. The Bertz CT molecular complexity index is 950. The van der Waals surface area contributed by atoms with E-state index in [0.717, 1.165) is 36.6 Å². The van der Waals surface area contributed by atoms with Crippen LogP contribution < -0.4 is 5.32 Å². The first-order valence-electron chi connectivity index (χ1n) is 10.0. The summed E-state index contributed by atoms with van der Waals surface area (Å²) in [6.45, 7) is 1.24. The first-order valence-corrected chi connectivity index (χ1v) is 10.0. The number of hydrogen-bond donors (Lipinski definition) is 1. The summed E-state index contributed by atoms with van der Waals surface area (Å²) >= 11 is 0. The van der Waals surface area contributed by atoms with Gasteiger partial charge in [0.05, 0.1) is 30.4 Å². The predicted octanol–water partition coefficient (Wildman–Crippen LogP) is 3.12. The zero-order valence-corrected chi connectivity index (χ0v) is 16.6. The van der Waals surface area contributed by atoms with Crippen LogP contribution in [0.4, 0.5) is 0 Å². The fourth-order valence-electron chi connectivity index (χ4n) is 3.81. The van der Waals surface area contributed by atoms with Crippen molar-refractivity contribution in [2.24, 2.45) is 0 Å². The van der Waals surface area contributed by atoms with Gasteiger partial charge in [-0.1, -0.05) is 18.2 Å². The van der Waals surface area contributed by atoms with Gasteiger partial charge < -0.3 is 14.8 Å². The number of aromatic nitrogens is 3. The second-order valence-corrected chi connectivity index (χ2v) is 7.33. The number of hydrogen-bond acceptors (Lipinski definition) is 5. The second kappa shape index (κ2) is 9.15. The van der Waals surface area contributed by atoms with Crippen LogP contribution in [0.1, 0.15) is 36.0 Å². The number of nitrogens with zero attached hydrogens (tertiary/aromatic N) is 3. The highest BCUT2D eigenvalue weighted by Crippen LogP contribution is 2.24. The zero-order chi connectivity index (χ0) is 20.1. The third-order valence-corrected chi connectivity index (χ3v) is 5.37. The van der Waals surface area contributed by atoms with Gasteiger partial charge in [0.1, 0.15) is 12.1 Å². The number of para-hydroxylation sites is 1. The molecular formula is C22H26N4O3. The highest BCUT2D eigenvalue weighted by Gasteiger charge is 2.24. The van der Waals surface area contributed by atoms with Crippen molar-refractivity contribution in [2.75, 3.05) is 20.3 Å². The molecule has 4 rings (SSSR count). The van der Waals surface area contributed by atoms with Crippen LogP contribution in [0.15, 0.2) is 49.1 Å². The summed E-state index contributed by atoms with van der Waals surface area (Å²) in [6, 6.07) is 9.72. The first-order chi connectivity index (χ1) is 14.2. The lowest BCUT2D eigenvalue weighted by Gasteiger charge is -2.29. The van der Waals surface area contributed by atoms with E-state index >= 15 is 0 Å². The van der Waals surface area contributed by atoms with E-state index in [-0.39, 0.29) is 18.1 Å². The van der Waals surface area contributed by atoms with E-state index in [0.29, 0.717) is 24.6 Å². The maximum absolute atomic E-state index is 13.1. The minimum Gasteiger partial charge on any atom is -0.382 e. The van der Waals surface area contributed by atoms with E-state index < -0.39 is 0 Å². The highest BCUT2D eigenvalue weighted by atomic mass is 16.5. The van der Waals surface area contributed by atoms with Gasteiger partial charge in [-0.05, 0) is 37.8 Å². The van der Waals surface area contributed by atoms with Gasteiger partial charge in [-0.2, -0.15) is 0 Å². The normalized spacial score (nSPS) is 19.3. The molecule has 0 radical (unpaired) electrons. The molecule has 0 atom stereocenters. The number of rotatable bonds is 7. The molecule has 1 aromatic carbocycles. The van der Waals surface area contributed by atoms with Gasteiger partial charge in [-0.25, -0.2) is 9.97 Å². The van der Waals surface area contributed by atoms with Crippen LogP contribution in [0.25, 0.3) is 16.7 Å². The Kier molecular flexibility index (Phi) is 6.17. The third-order valence-electron chi connectivity index (χ3n) is 5.37. The molecule has 2 heterocycles. The van der Waals surface area contributed by atoms with Gasteiger partial charge in [0, 0.05) is 30.9 Å². The summed E-state index contributed by atoms with van der Waals surface area (Å²) in [4.78, 5) is 21.9. The van der Waals surface area contributed by atoms with Crippen molar-refractivity contribution in [3.05, 3.63) is 54.6 Å². The zero-order valence-electron chi connectivity index (χ0n) is 16.6. The van der Waals surface area contributed by atoms with E-state index in [9.17, 15) is 4.79 Å². The fraction of sp³-hybridized carbons (Fsp3) is 0.409. The Hall–Kier alpha value is -2.77. The maximum atomic E-state index is 13.1. The molecule has 2 aromatic heterocycles. The van der Waals surface area contributed by atoms with Crippen LogP contribution in [0.5, 0.6) is 0 Å². The van der Waals surface area contributed by atoms with Gasteiger partial charge in [0.15, 0.2) is 0 Å². The van der Waals surface area contributed by atoms with Crippen molar-refractivity contribution in [3.8, 4) is 5.82 Å². The molecule has 152 valence electrons. The number of carbonyl (C=O) groups excluding carboxylic acids is 1. The number of ether oxygens (including phenoxy) is 2. The number of benzene rings is 1. The quantitative estimate of drug-likeness (QED) is 0.623. The van der Waals surface area contributed by atoms with Crippen molar-refractivity contribution < 1.29 is 14.3 Å². The molecule has 7 nitrogen and oxygen atoms in total. The molecule has 0 bridgehead atoms. The average Bonchev–Trinajstić information content (AvgIpc) is 3.29. The summed E-state index contributed by atoms with van der Waals surface area (Å²) in [7, 11) is 1.68. The van der Waals surface area contributed by atoms with E-state index in [2.05, 4.69) is 15.3 Å². The third kappa shape index (κ3) is 4.63. The van der Waals surface area contributed by atoms with Gasteiger partial charge in [-0.3, -0.25) is 9.36 Å². The maximum Gasteiger partial charge on any atom is 0.252 e. The van der Waals surface area contributed by atoms with Crippen molar-refractivity contribution in [2.45, 2.75) is 37.8 Å². The molecule has 0 spiro atoms. The molecule has 0 aliphatic heterocycles. The Morgan fingerprint density at radius 1 is 1.21 bits per heavy atom. The van der Waals surface area contributed by atoms with Gasteiger partial charge >= 0.3 is 0 Å². The SMILES string of the molecule is COCCO[C@H]1CC[C@H](NC(=O)c2cc(-n3ccnc3)nc3ccccc23)CC1. The Balaban J connectivity index is 1.47. The molecule has 1 amide bonds. The van der Waals surface area contributed by atoms with Crippen molar-refractivity contribution in [1.29, 1.82) is 0 Å². The largest absolute Gasteiger partial charge is 0.382 e. The van der Waals surface area contributed by atoms with E-state index in [4.69, 9.17) is 9.47 Å². The van der Waals surface area contributed by atoms with Gasteiger partial charge in [0.2, 0.25) is 0 Å². The number of pyridine rings is 1. The van der Waals surface area contributed by atoms with E-state index in [1.807, 2.05) is 41.1 Å². The smallest absolute Gasteiger partial charge is 0.252 e. The minimum absolute atomic E-state index is 0.0614. The Morgan fingerprint density at radius 2 is 2.03 bits per heavy atom. The van der Waals surface area contributed by atoms with E-state index in [1.165, 1.54) is 0 Å². The number of nitrogens with one attached hydrogen (secondary N) is 1.